The third-order valence-corrected chi connectivity index (χ3v) is 5.47. The first-order valence-corrected chi connectivity index (χ1v) is 9.48. The number of pyridine rings is 1. The van der Waals surface area contributed by atoms with Crippen LogP contribution >= 0.6 is 0 Å². The van der Waals surface area contributed by atoms with Gasteiger partial charge >= 0.3 is 0 Å². The van der Waals surface area contributed by atoms with Crippen molar-refractivity contribution >= 4 is 5.82 Å². The van der Waals surface area contributed by atoms with Crippen molar-refractivity contribution < 1.29 is 4.74 Å². The second-order valence-electron chi connectivity index (χ2n) is 7.33. The molecule has 1 aliphatic carbocycles. The molecule has 0 aromatic carbocycles. The quantitative estimate of drug-likeness (QED) is 0.867. The molecule has 1 saturated carbocycles. The molecule has 134 valence electrons. The molecule has 5 heteroatoms. The normalized spacial score (nSPS) is 21.7. The predicted octanol–water partition coefficient (Wildman–Crippen LogP) is 2.51. The predicted molar refractivity (Wildman–Crippen MR) is 98.6 cm³/mol. The van der Waals surface area contributed by atoms with Gasteiger partial charge in [-0.2, -0.15) is 4.98 Å². The Kier molecular flexibility index (Phi) is 6.32. The van der Waals surface area contributed by atoms with E-state index in [0.29, 0.717) is 11.9 Å². The Bertz CT molecular complexity index is 496. The third-order valence-electron chi connectivity index (χ3n) is 5.47. The zero-order valence-corrected chi connectivity index (χ0v) is 15.0. The van der Waals surface area contributed by atoms with Crippen LogP contribution in [0.2, 0.25) is 0 Å². The van der Waals surface area contributed by atoms with Crippen molar-refractivity contribution in [1.82, 2.24) is 9.88 Å². The first kappa shape index (κ1) is 17.5. The van der Waals surface area contributed by atoms with Crippen molar-refractivity contribution in [2.45, 2.75) is 44.6 Å². The maximum absolute atomic E-state index is 6.43. The summed E-state index contributed by atoms with van der Waals surface area (Å²) in [6.45, 7) is 5.19. The van der Waals surface area contributed by atoms with E-state index < -0.39 is 0 Å². The van der Waals surface area contributed by atoms with Gasteiger partial charge in [0.05, 0.1) is 7.11 Å². The number of hydrogen-bond donors (Lipinski definition) is 1. The fourth-order valence-electron chi connectivity index (χ4n) is 4.11. The minimum Gasteiger partial charge on any atom is -0.481 e. The van der Waals surface area contributed by atoms with Crippen molar-refractivity contribution in [3.05, 3.63) is 18.2 Å². The average molecular weight is 332 g/mol. The second kappa shape index (κ2) is 8.67. The smallest absolute Gasteiger partial charge is 0.214 e. The molecule has 2 aliphatic rings. The summed E-state index contributed by atoms with van der Waals surface area (Å²) in [5.74, 6) is 2.57. The molecule has 0 unspecified atom stereocenters. The zero-order valence-electron chi connectivity index (χ0n) is 15.0. The molecule has 0 radical (unpaired) electrons. The molecule has 2 N–H and O–H groups in total. The molecule has 1 aliphatic heterocycles. The van der Waals surface area contributed by atoms with Crippen LogP contribution in [0.25, 0.3) is 0 Å². The Morgan fingerprint density at radius 3 is 2.62 bits per heavy atom. The summed E-state index contributed by atoms with van der Waals surface area (Å²) in [6.07, 6.45) is 8.23. The number of anilines is 1. The van der Waals surface area contributed by atoms with Gasteiger partial charge in [-0.05, 0) is 18.4 Å². The first-order valence-electron chi connectivity index (χ1n) is 9.48. The summed E-state index contributed by atoms with van der Waals surface area (Å²) in [5.41, 5.74) is 6.43. The zero-order chi connectivity index (χ0) is 16.8. The minimum absolute atomic E-state index is 0.328. The second-order valence-corrected chi connectivity index (χ2v) is 7.33. The molecule has 2 heterocycles. The number of nitrogens with zero attached hydrogens (tertiary/aromatic N) is 3. The molecular formula is C19H32N4O. The lowest BCUT2D eigenvalue weighted by Crippen LogP contribution is -2.50. The minimum atomic E-state index is 0.328. The number of nitrogens with two attached hydrogens (primary N) is 1. The molecule has 1 saturated heterocycles. The molecular weight excluding hydrogens is 300 g/mol. The van der Waals surface area contributed by atoms with Crippen LogP contribution in [0.4, 0.5) is 5.82 Å². The molecule has 24 heavy (non-hydrogen) atoms. The van der Waals surface area contributed by atoms with E-state index in [4.69, 9.17) is 10.5 Å². The number of piperazine rings is 1. The molecule has 3 rings (SSSR count). The summed E-state index contributed by atoms with van der Waals surface area (Å²) in [7, 11) is 1.66. The van der Waals surface area contributed by atoms with Crippen LogP contribution < -0.4 is 15.4 Å². The van der Waals surface area contributed by atoms with Gasteiger partial charge in [-0.3, -0.25) is 4.90 Å². The van der Waals surface area contributed by atoms with Gasteiger partial charge in [-0.25, -0.2) is 0 Å². The Morgan fingerprint density at radius 2 is 1.92 bits per heavy atom. The fourth-order valence-corrected chi connectivity index (χ4v) is 4.11. The van der Waals surface area contributed by atoms with Crippen molar-refractivity contribution in [3.63, 3.8) is 0 Å². The highest BCUT2D eigenvalue weighted by Gasteiger charge is 2.22. The molecule has 1 atom stereocenters. The lowest BCUT2D eigenvalue weighted by atomic mass is 9.85. The maximum atomic E-state index is 6.43. The van der Waals surface area contributed by atoms with Crippen molar-refractivity contribution in [2.75, 3.05) is 44.7 Å². The Labute approximate surface area is 146 Å². The van der Waals surface area contributed by atoms with Crippen molar-refractivity contribution in [2.24, 2.45) is 11.7 Å². The molecule has 2 fully saturated rings. The van der Waals surface area contributed by atoms with Gasteiger partial charge in [0, 0.05) is 44.8 Å². The largest absolute Gasteiger partial charge is 0.481 e. The van der Waals surface area contributed by atoms with Crippen LogP contribution in [0, 0.1) is 5.92 Å². The van der Waals surface area contributed by atoms with Crippen molar-refractivity contribution in [3.8, 4) is 5.88 Å². The lowest BCUT2D eigenvalue weighted by Gasteiger charge is -2.37. The Morgan fingerprint density at radius 1 is 1.17 bits per heavy atom. The Hall–Kier alpha value is -1.33. The highest BCUT2D eigenvalue weighted by Crippen LogP contribution is 2.27. The topological polar surface area (TPSA) is 54.6 Å². The van der Waals surface area contributed by atoms with E-state index in [2.05, 4.69) is 20.9 Å². The first-order chi connectivity index (χ1) is 11.7. The van der Waals surface area contributed by atoms with Crippen LogP contribution in [0.1, 0.15) is 38.5 Å². The molecule has 1 aromatic heterocycles. The van der Waals surface area contributed by atoms with Crippen LogP contribution in [0.3, 0.4) is 0 Å². The summed E-state index contributed by atoms with van der Waals surface area (Å²) < 4.78 is 5.23. The number of rotatable bonds is 6. The molecule has 1 aromatic rings. The monoisotopic (exact) mass is 332 g/mol. The highest BCUT2D eigenvalue weighted by molar-refractivity contribution is 5.41. The van der Waals surface area contributed by atoms with E-state index in [1.807, 2.05) is 12.1 Å². The van der Waals surface area contributed by atoms with Crippen LogP contribution in [0.15, 0.2) is 18.2 Å². The van der Waals surface area contributed by atoms with Crippen molar-refractivity contribution in [1.29, 1.82) is 0 Å². The van der Waals surface area contributed by atoms with E-state index in [0.717, 1.165) is 44.5 Å². The summed E-state index contributed by atoms with van der Waals surface area (Å²) in [5, 5.41) is 0. The Balaban J connectivity index is 1.42. The number of hydrogen-bond acceptors (Lipinski definition) is 5. The fraction of sp³-hybridized carbons (Fsp3) is 0.737. The van der Waals surface area contributed by atoms with Crippen LogP contribution in [-0.4, -0.2) is 55.8 Å². The van der Waals surface area contributed by atoms with E-state index in [9.17, 15) is 0 Å². The summed E-state index contributed by atoms with van der Waals surface area (Å²) >= 11 is 0. The maximum Gasteiger partial charge on any atom is 0.214 e. The third kappa shape index (κ3) is 4.84. The van der Waals surface area contributed by atoms with Crippen LogP contribution in [0.5, 0.6) is 5.88 Å². The van der Waals surface area contributed by atoms with E-state index in [-0.39, 0.29) is 0 Å². The van der Waals surface area contributed by atoms with Gasteiger partial charge in [0.15, 0.2) is 0 Å². The number of ether oxygens (including phenoxy) is 1. The average Bonchev–Trinajstić information content (AvgIpc) is 2.63. The molecule has 5 nitrogen and oxygen atoms in total. The standard InChI is InChI=1S/C19H32N4O/c1-24-19-9-5-8-18(21-19)23-12-10-22(11-13-23)15-17(20)14-16-6-3-2-4-7-16/h5,8-9,16-17H,2-4,6-7,10-15,20H2,1H3/t17-/m0/s1. The van der Waals surface area contributed by atoms with Gasteiger partial charge in [0.25, 0.3) is 0 Å². The number of methoxy groups -OCH3 is 1. The van der Waals surface area contributed by atoms with Gasteiger partial charge < -0.3 is 15.4 Å². The molecule has 0 bridgehead atoms. The summed E-state index contributed by atoms with van der Waals surface area (Å²) in [4.78, 5) is 9.40. The molecule has 0 spiro atoms. The van der Waals surface area contributed by atoms with Gasteiger partial charge in [0.2, 0.25) is 5.88 Å². The van der Waals surface area contributed by atoms with Gasteiger partial charge in [-0.15, -0.1) is 0 Å². The van der Waals surface area contributed by atoms with Gasteiger partial charge in [-0.1, -0.05) is 38.2 Å². The lowest BCUT2D eigenvalue weighted by molar-refractivity contribution is 0.219. The van der Waals surface area contributed by atoms with E-state index in [1.165, 1.54) is 38.5 Å². The summed E-state index contributed by atoms with van der Waals surface area (Å²) in [6, 6.07) is 6.29. The van der Waals surface area contributed by atoms with E-state index >= 15 is 0 Å². The molecule has 0 amide bonds. The van der Waals surface area contributed by atoms with Gasteiger partial charge in [0.1, 0.15) is 5.82 Å². The van der Waals surface area contributed by atoms with Crippen LogP contribution in [-0.2, 0) is 0 Å². The number of aromatic nitrogens is 1. The van der Waals surface area contributed by atoms with E-state index in [1.54, 1.807) is 7.11 Å². The highest BCUT2D eigenvalue weighted by atomic mass is 16.5. The SMILES string of the molecule is COc1cccc(N2CCN(C[C@@H](N)CC3CCCCC3)CC2)n1.